The van der Waals surface area contributed by atoms with Crippen LogP contribution >= 0.6 is 0 Å². The van der Waals surface area contributed by atoms with Crippen LogP contribution < -0.4 is 10.6 Å². The van der Waals surface area contributed by atoms with E-state index in [4.69, 9.17) is 5.11 Å². The van der Waals surface area contributed by atoms with Crippen molar-refractivity contribution in [2.45, 2.75) is 44.8 Å². The van der Waals surface area contributed by atoms with E-state index in [2.05, 4.69) is 10.6 Å². The van der Waals surface area contributed by atoms with Gasteiger partial charge in [-0.25, -0.2) is 0 Å². The third kappa shape index (κ3) is 4.62. The molecule has 0 aromatic carbocycles. The van der Waals surface area contributed by atoms with E-state index in [0.717, 1.165) is 19.4 Å². The Balaban J connectivity index is 2.42. The van der Waals surface area contributed by atoms with Gasteiger partial charge >= 0.3 is 5.97 Å². The summed E-state index contributed by atoms with van der Waals surface area (Å²) in [5.41, 5.74) is -1.42. The van der Waals surface area contributed by atoms with Crippen molar-refractivity contribution in [3.8, 4) is 0 Å². The molecule has 0 aliphatic carbocycles. The second kappa shape index (κ2) is 6.15. The summed E-state index contributed by atoms with van der Waals surface area (Å²) in [6, 6.07) is -0.251. The highest BCUT2D eigenvalue weighted by molar-refractivity contribution is 5.82. The molecule has 1 fully saturated rings. The van der Waals surface area contributed by atoms with Gasteiger partial charge in [-0.15, -0.1) is 0 Å². The van der Waals surface area contributed by atoms with Gasteiger partial charge in [-0.1, -0.05) is 6.92 Å². The number of aliphatic carboxylic acids is 1. The summed E-state index contributed by atoms with van der Waals surface area (Å²) in [6.45, 7) is 4.17. The number of amides is 1. The normalized spacial score (nSPS) is 27.3. The van der Waals surface area contributed by atoms with Crippen LogP contribution in [0.2, 0.25) is 0 Å². The zero-order chi connectivity index (χ0) is 13.8. The number of carboxylic acid groups (broad SMARTS) is 1. The van der Waals surface area contributed by atoms with Crippen LogP contribution in [0.3, 0.4) is 0 Å². The molecule has 18 heavy (non-hydrogen) atoms. The number of carboxylic acids is 1. The molecule has 1 aliphatic rings. The Morgan fingerprint density at radius 3 is 2.72 bits per heavy atom. The third-order valence-corrected chi connectivity index (χ3v) is 3.23. The van der Waals surface area contributed by atoms with Gasteiger partial charge in [0.1, 0.15) is 0 Å². The maximum Gasteiger partial charge on any atom is 0.306 e. The molecule has 6 heteroatoms. The third-order valence-electron chi connectivity index (χ3n) is 3.23. The minimum Gasteiger partial charge on any atom is -0.481 e. The molecule has 104 valence electrons. The minimum atomic E-state index is -1.42. The minimum absolute atomic E-state index is 0.0525. The van der Waals surface area contributed by atoms with Crippen LogP contribution in [0.25, 0.3) is 0 Å². The van der Waals surface area contributed by atoms with Crippen LogP contribution in [0.1, 0.15) is 33.1 Å². The average Bonchev–Trinajstić information content (AvgIpc) is 2.25. The van der Waals surface area contributed by atoms with Crippen molar-refractivity contribution in [2.24, 2.45) is 5.92 Å². The molecule has 1 rings (SSSR count). The van der Waals surface area contributed by atoms with Crippen LogP contribution in [-0.2, 0) is 9.59 Å². The fraction of sp³-hybridized carbons (Fsp3) is 0.833. The smallest absolute Gasteiger partial charge is 0.306 e. The van der Waals surface area contributed by atoms with Gasteiger partial charge in [0, 0.05) is 6.54 Å². The van der Waals surface area contributed by atoms with E-state index in [1.807, 2.05) is 6.92 Å². The van der Waals surface area contributed by atoms with E-state index in [9.17, 15) is 14.7 Å². The highest BCUT2D eigenvalue weighted by Gasteiger charge is 2.30. The van der Waals surface area contributed by atoms with E-state index >= 15 is 0 Å². The lowest BCUT2D eigenvalue weighted by Gasteiger charge is -2.30. The molecule has 1 heterocycles. The summed E-state index contributed by atoms with van der Waals surface area (Å²) in [6.07, 6.45) is 1.67. The first-order chi connectivity index (χ1) is 8.32. The first-order valence-corrected chi connectivity index (χ1v) is 6.27. The molecule has 4 N–H and O–H groups in total. The first-order valence-electron chi connectivity index (χ1n) is 6.27. The van der Waals surface area contributed by atoms with Crippen LogP contribution in [0.4, 0.5) is 0 Å². The Kier molecular flexibility index (Phi) is 5.10. The molecule has 6 nitrogen and oxygen atoms in total. The van der Waals surface area contributed by atoms with Crippen molar-refractivity contribution in [2.75, 3.05) is 13.1 Å². The molecule has 0 bridgehead atoms. The van der Waals surface area contributed by atoms with E-state index < -0.39 is 11.6 Å². The molecular formula is C12H22N2O4. The van der Waals surface area contributed by atoms with Gasteiger partial charge in [-0.2, -0.15) is 0 Å². The van der Waals surface area contributed by atoms with Crippen molar-refractivity contribution >= 4 is 11.9 Å². The molecule has 1 amide bonds. The highest BCUT2D eigenvalue weighted by atomic mass is 16.4. The average molecular weight is 258 g/mol. The van der Waals surface area contributed by atoms with Gasteiger partial charge < -0.3 is 20.8 Å². The van der Waals surface area contributed by atoms with Crippen molar-refractivity contribution < 1.29 is 19.8 Å². The largest absolute Gasteiger partial charge is 0.481 e. The van der Waals surface area contributed by atoms with Gasteiger partial charge in [-0.05, 0) is 32.2 Å². The van der Waals surface area contributed by atoms with Gasteiger partial charge in [0.2, 0.25) is 5.91 Å². The molecule has 0 radical (unpaired) electrons. The number of nitrogens with one attached hydrogen (secondary N) is 2. The van der Waals surface area contributed by atoms with Crippen LogP contribution in [0.15, 0.2) is 0 Å². The van der Waals surface area contributed by atoms with E-state index in [0.29, 0.717) is 0 Å². The Morgan fingerprint density at radius 1 is 1.50 bits per heavy atom. The summed E-state index contributed by atoms with van der Waals surface area (Å²) < 4.78 is 0. The van der Waals surface area contributed by atoms with E-state index in [-0.39, 0.29) is 30.8 Å². The number of hydrogen-bond donors (Lipinski definition) is 4. The van der Waals surface area contributed by atoms with Crippen molar-refractivity contribution in [3.63, 3.8) is 0 Å². The molecule has 0 spiro atoms. The SMILES string of the molecule is CC1CCCNC1C(=O)NCC(C)(O)CC(=O)O. The molecule has 1 saturated heterocycles. The molecule has 0 aromatic heterocycles. The van der Waals surface area contributed by atoms with Gasteiger partial charge in [0.15, 0.2) is 0 Å². The van der Waals surface area contributed by atoms with Crippen LogP contribution in [0, 0.1) is 5.92 Å². The standard InChI is InChI=1S/C12H22N2O4/c1-8-4-3-5-13-10(8)11(17)14-7-12(2,18)6-9(15)16/h8,10,13,18H,3-7H2,1-2H3,(H,14,17)(H,15,16). The summed E-state index contributed by atoms with van der Waals surface area (Å²) >= 11 is 0. The Morgan fingerprint density at radius 2 is 2.17 bits per heavy atom. The van der Waals surface area contributed by atoms with Crippen molar-refractivity contribution in [1.29, 1.82) is 0 Å². The fourth-order valence-corrected chi connectivity index (χ4v) is 2.18. The Labute approximate surface area is 107 Å². The number of hydrogen-bond acceptors (Lipinski definition) is 4. The number of carbonyl (C=O) groups excluding carboxylic acids is 1. The molecule has 0 saturated carbocycles. The number of carbonyl (C=O) groups is 2. The summed E-state index contributed by atoms with van der Waals surface area (Å²) in [5.74, 6) is -1.01. The lowest BCUT2D eigenvalue weighted by Crippen LogP contribution is -2.53. The van der Waals surface area contributed by atoms with Gasteiger partial charge in [0.25, 0.3) is 0 Å². The molecular weight excluding hydrogens is 236 g/mol. The maximum atomic E-state index is 11.9. The second-order valence-corrected chi connectivity index (χ2v) is 5.34. The van der Waals surface area contributed by atoms with Crippen molar-refractivity contribution in [3.05, 3.63) is 0 Å². The molecule has 1 aliphatic heterocycles. The fourth-order valence-electron chi connectivity index (χ4n) is 2.18. The summed E-state index contributed by atoms with van der Waals surface area (Å²) in [5, 5.41) is 24.2. The van der Waals surface area contributed by atoms with E-state index in [1.54, 1.807) is 0 Å². The lowest BCUT2D eigenvalue weighted by atomic mass is 9.92. The van der Waals surface area contributed by atoms with Crippen LogP contribution in [-0.4, -0.2) is 46.8 Å². The monoisotopic (exact) mass is 258 g/mol. The summed E-state index contributed by atoms with van der Waals surface area (Å²) in [7, 11) is 0. The Bertz CT molecular complexity index is 317. The number of aliphatic hydroxyl groups is 1. The Hall–Kier alpha value is -1.14. The van der Waals surface area contributed by atoms with Gasteiger partial charge in [-0.3, -0.25) is 9.59 Å². The first kappa shape index (κ1) is 14.9. The van der Waals surface area contributed by atoms with E-state index in [1.165, 1.54) is 6.92 Å². The molecule has 3 atom stereocenters. The van der Waals surface area contributed by atoms with Crippen LogP contribution in [0.5, 0.6) is 0 Å². The second-order valence-electron chi connectivity index (χ2n) is 5.34. The topological polar surface area (TPSA) is 98.7 Å². The van der Waals surface area contributed by atoms with Gasteiger partial charge in [0.05, 0.1) is 18.1 Å². The lowest BCUT2D eigenvalue weighted by molar-refractivity contribution is -0.142. The summed E-state index contributed by atoms with van der Waals surface area (Å²) in [4.78, 5) is 22.4. The molecule has 0 aromatic rings. The highest BCUT2D eigenvalue weighted by Crippen LogP contribution is 2.16. The molecule has 3 unspecified atom stereocenters. The maximum absolute atomic E-state index is 11.9. The zero-order valence-corrected chi connectivity index (χ0v) is 10.9. The van der Waals surface area contributed by atoms with Crippen molar-refractivity contribution in [1.82, 2.24) is 10.6 Å². The number of piperidine rings is 1. The predicted octanol–water partition coefficient (Wildman–Crippen LogP) is -0.284. The zero-order valence-electron chi connectivity index (χ0n) is 10.9. The quantitative estimate of drug-likeness (QED) is 0.543. The predicted molar refractivity (Wildman–Crippen MR) is 66.1 cm³/mol. The number of rotatable bonds is 5.